The molecule has 64 valence electrons. The summed E-state index contributed by atoms with van der Waals surface area (Å²) in [6.07, 6.45) is 0. The van der Waals surface area contributed by atoms with Crippen molar-refractivity contribution in [1.29, 1.82) is 0 Å². The Morgan fingerprint density at radius 3 is 2.33 bits per heavy atom. The van der Waals surface area contributed by atoms with Crippen LogP contribution in [0.4, 0.5) is 0 Å². The van der Waals surface area contributed by atoms with Crippen molar-refractivity contribution in [1.82, 2.24) is 0 Å². The van der Waals surface area contributed by atoms with E-state index in [1.807, 2.05) is 14.0 Å². The topological polar surface area (TPSA) is 12.4 Å². The molecule has 1 nitrogen and oxygen atoms in total. The van der Waals surface area contributed by atoms with Gasteiger partial charge in [-0.15, -0.1) is 0 Å². The van der Waals surface area contributed by atoms with Gasteiger partial charge in [0.1, 0.15) is 0 Å². The van der Waals surface area contributed by atoms with Gasteiger partial charge in [-0.3, -0.25) is 4.99 Å². The molecule has 12 heavy (non-hydrogen) atoms. The zero-order chi connectivity index (χ0) is 8.97. The molecule has 1 aromatic rings. The van der Waals surface area contributed by atoms with E-state index in [1.54, 1.807) is 11.8 Å². The van der Waals surface area contributed by atoms with E-state index in [4.69, 9.17) is 0 Å². The number of thioether (sulfide) groups is 1. The molecule has 0 saturated heterocycles. The van der Waals surface area contributed by atoms with Gasteiger partial charge in [-0.25, -0.2) is 0 Å². The van der Waals surface area contributed by atoms with Crippen LogP contribution in [-0.2, 0) is 0 Å². The molecule has 0 atom stereocenters. The van der Waals surface area contributed by atoms with Gasteiger partial charge in [0.05, 0.1) is 5.04 Å². The first-order valence-electron chi connectivity index (χ1n) is 3.90. The van der Waals surface area contributed by atoms with Gasteiger partial charge in [0.25, 0.3) is 0 Å². The van der Waals surface area contributed by atoms with Gasteiger partial charge >= 0.3 is 0 Å². The predicted molar refractivity (Wildman–Crippen MR) is 56.1 cm³/mol. The summed E-state index contributed by atoms with van der Waals surface area (Å²) in [6.45, 7) is 4.11. The van der Waals surface area contributed by atoms with Crippen molar-refractivity contribution in [2.75, 3.05) is 7.05 Å². The standard InChI is InChI=1S/C10H13NS/c1-8-4-6-10(7-5-8)12-9(2)11-3/h4-7H,1-3H3. The average Bonchev–Trinajstić information content (AvgIpc) is 2.09. The Morgan fingerprint density at radius 1 is 1.25 bits per heavy atom. The lowest BCUT2D eigenvalue weighted by atomic mass is 10.2. The zero-order valence-corrected chi connectivity index (χ0v) is 8.48. The number of benzene rings is 1. The fourth-order valence-electron chi connectivity index (χ4n) is 0.823. The van der Waals surface area contributed by atoms with Gasteiger partial charge in [0.15, 0.2) is 0 Å². The Balaban J connectivity index is 2.71. The highest BCUT2D eigenvalue weighted by Crippen LogP contribution is 2.19. The lowest BCUT2D eigenvalue weighted by molar-refractivity contribution is 1.38. The molecule has 0 N–H and O–H groups in total. The van der Waals surface area contributed by atoms with Crippen LogP contribution in [0.5, 0.6) is 0 Å². The van der Waals surface area contributed by atoms with Gasteiger partial charge in [-0.1, -0.05) is 29.5 Å². The molecular formula is C10H13NS. The Bertz CT molecular complexity index is 274. The third-order valence-corrected chi connectivity index (χ3v) is 2.59. The second-order valence-electron chi connectivity index (χ2n) is 2.66. The van der Waals surface area contributed by atoms with Crippen molar-refractivity contribution in [3.8, 4) is 0 Å². The van der Waals surface area contributed by atoms with Gasteiger partial charge in [0.2, 0.25) is 0 Å². The highest BCUT2D eigenvalue weighted by molar-refractivity contribution is 8.13. The molecule has 0 radical (unpaired) electrons. The molecule has 0 aromatic heterocycles. The molecule has 0 bridgehead atoms. The molecule has 0 heterocycles. The van der Waals surface area contributed by atoms with Crippen LogP contribution in [-0.4, -0.2) is 12.1 Å². The molecule has 1 rings (SSSR count). The number of rotatable bonds is 1. The van der Waals surface area contributed by atoms with Crippen LogP contribution in [0.3, 0.4) is 0 Å². The first kappa shape index (κ1) is 9.33. The molecule has 2 heteroatoms. The van der Waals surface area contributed by atoms with Crippen molar-refractivity contribution < 1.29 is 0 Å². The zero-order valence-electron chi connectivity index (χ0n) is 7.66. The first-order valence-corrected chi connectivity index (χ1v) is 4.72. The van der Waals surface area contributed by atoms with E-state index in [-0.39, 0.29) is 0 Å². The Hall–Kier alpha value is -0.760. The second-order valence-corrected chi connectivity index (χ2v) is 3.92. The number of nitrogens with zero attached hydrogens (tertiary/aromatic N) is 1. The van der Waals surface area contributed by atoms with Crippen molar-refractivity contribution in [3.63, 3.8) is 0 Å². The molecule has 0 aliphatic heterocycles. The average molecular weight is 179 g/mol. The third kappa shape index (κ3) is 2.70. The van der Waals surface area contributed by atoms with Crippen LogP contribution >= 0.6 is 11.8 Å². The van der Waals surface area contributed by atoms with Crippen molar-refractivity contribution in [3.05, 3.63) is 29.8 Å². The highest BCUT2D eigenvalue weighted by Gasteiger charge is 1.94. The van der Waals surface area contributed by atoms with Gasteiger partial charge in [-0.05, 0) is 26.0 Å². The minimum atomic E-state index is 1.10. The van der Waals surface area contributed by atoms with Gasteiger partial charge < -0.3 is 0 Å². The molecule has 0 aliphatic rings. The number of hydrogen-bond donors (Lipinski definition) is 0. The summed E-state index contributed by atoms with van der Waals surface area (Å²) < 4.78 is 0. The summed E-state index contributed by atoms with van der Waals surface area (Å²) in [5.41, 5.74) is 1.30. The smallest absolute Gasteiger partial charge is 0.0689 e. The van der Waals surface area contributed by atoms with Crippen LogP contribution in [0.1, 0.15) is 12.5 Å². The van der Waals surface area contributed by atoms with E-state index in [0.29, 0.717) is 0 Å². The molecule has 0 amide bonds. The molecule has 1 aromatic carbocycles. The summed E-state index contributed by atoms with van der Waals surface area (Å²) >= 11 is 1.70. The first-order chi connectivity index (χ1) is 5.72. The minimum Gasteiger partial charge on any atom is -0.286 e. The van der Waals surface area contributed by atoms with Crippen LogP contribution in [0.15, 0.2) is 34.2 Å². The Kier molecular flexibility index (Phi) is 3.35. The SMILES string of the molecule is CN=C(C)Sc1ccc(C)cc1. The summed E-state index contributed by atoms with van der Waals surface area (Å²) in [6, 6.07) is 8.47. The van der Waals surface area contributed by atoms with Crippen LogP contribution in [0.25, 0.3) is 0 Å². The third-order valence-electron chi connectivity index (χ3n) is 1.60. The summed E-state index contributed by atoms with van der Waals surface area (Å²) in [7, 11) is 1.82. The summed E-state index contributed by atoms with van der Waals surface area (Å²) in [5.74, 6) is 0. The molecule has 0 unspecified atom stereocenters. The molecule has 0 fully saturated rings. The maximum absolute atomic E-state index is 4.09. The Labute approximate surface area is 77.9 Å². The number of aryl methyl sites for hydroxylation is 1. The van der Waals surface area contributed by atoms with E-state index >= 15 is 0 Å². The van der Waals surface area contributed by atoms with Crippen LogP contribution in [0, 0.1) is 6.92 Å². The van der Waals surface area contributed by atoms with E-state index in [0.717, 1.165) is 5.04 Å². The van der Waals surface area contributed by atoms with E-state index in [9.17, 15) is 0 Å². The van der Waals surface area contributed by atoms with Crippen molar-refractivity contribution >= 4 is 16.8 Å². The fraction of sp³-hybridized carbons (Fsp3) is 0.300. The molecule has 0 spiro atoms. The van der Waals surface area contributed by atoms with Crippen molar-refractivity contribution in [2.24, 2.45) is 4.99 Å². The highest BCUT2D eigenvalue weighted by atomic mass is 32.2. The lowest BCUT2D eigenvalue weighted by Crippen LogP contribution is -1.82. The van der Waals surface area contributed by atoms with Crippen LogP contribution in [0.2, 0.25) is 0 Å². The predicted octanol–water partition coefficient (Wildman–Crippen LogP) is 3.14. The molecule has 0 saturated carbocycles. The normalized spacial score (nSPS) is 11.8. The van der Waals surface area contributed by atoms with Gasteiger partial charge in [0, 0.05) is 11.9 Å². The van der Waals surface area contributed by atoms with E-state index < -0.39 is 0 Å². The van der Waals surface area contributed by atoms with Crippen molar-refractivity contribution in [2.45, 2.75) is 18.7 Å². The van der Waals surface area contributed by atoms with Gasteiger partial charge in [-0.2, -0.15) is 0 Å². The maximum atomic E-state index is 4.09. The monoisotopic (exact) mass is 179 g/mol. The van der Waals surface area contributed by atoms with E-state index in [1.165, 1.54) is 10.5 Å². The maximum Gasteiger partial charge on any atom is 0.0689 e. The Morgan fingerprint density at radius 2 is 1.83 bits per heavy atom. The quantitative estimate of drug-likeness (QED) is 0.366. The van der Waals surface area contributed by atoms with Crippen LogP contribution < -0.4 is 0 Å². The largest absolute Gasteiger partial charge is 0.286 e. The number of aliphatic imine (C=N–C) groups is 1. The number of hydrogen-bond acceptors (Lipinski definition) is 2. The minimum absolute atomic E-state index is 1.10. The second kappa shape index (κ2) is 4.31. The lowest BCUT2D eigenvalue weighted by Gasteiger charge is -1.99. The molecular weight excluding hydrogens is 166 g/mol. The fourth-order valence-corrected chi connectivity index (χ4v) is 1.53. The molecule has 0 aliphatic carbocycles. The summed E-state index contributed by atoms with van der Waals surface area (Å²) in [4.78, 5) is 5.34. The van der Waals surface area contributed by atoms with E-state index in [2.05, 4.69) is 36.2 Å². The summed E-state index contributed by atoms with van der Waals surface area (Å²) in [5, 5.41) is 1.10.